The number of alkyl carbamates (subject to hydrolysis) is 1. The monoisotopic (exact) mass is 445 g/mol. The fourth-order valence-electron chi connectivity index (χ4n) is 2.20. The summed E-state index contributed by atoms with van der Waals surface area (Å²) >= 11 is 13.5. The second kappa shape index (κ2) is 11.2. The third-order valence-corrected chi connectivity index (χ3v) is 5.71. The number of aromatic nitrogens is 4. The molecule has 1 amide bonds. The molecule has 1 unspecified atom stereocenters. The van der Waals surface area contributed by atoms with E-state index in [4.69, 9.17) is 27.9 Å². The zero-order valence-corrected chi connectivity index (χ0v) is 17.9. The van der Waals surface area contributed by atoms with Crippen LogP contribution in [-0.4, -0.2) is 44.7 Å². The molecule has 0 saturated heterocycles. The van der Waals surface area contributed by atoms with E-state index >= 15 is 0 Å². The molecule has 152 valence electrons. The highest BCUT2D eigenvalue weighted by Crippen LogP contribution is 2.37. The summed E-state index contributed by atoms with van der Waals surface area (Å²) in [5.41, 5.74) is 0. The number of Topliss-reactive ketones (excluding diaryl/α,β-unsaturated/α-hetero) is 1. The molecular weight excluding hydrogens is 425 g/mol. The number of nitrogens with one attached hydrogen (secondary N) is 1. The number of halogens is 2. The van der Waals surface area contributed by atoms with E-state index in [0.29, 0.717) is 33.1 Å². The van der Waals surface area contributed by atoms with Crippen LogP contribution in [0, 0.1) is 0 Å². The van der Waals surface area contributed by atoms with Crippen LogP contribution in [0.25, 0.3) is 0 Å². The van der Waals surface area contributed by atoms with Gasteiger partial charge >= 0.3 is 6.09 Å². The first-order valence-electron chi connectivity index (χ1n) is 8.80. The Hall–Kier alpha value is -1.84. The minimum Gasteiger partial charge on any atom is -0.450 e. The number of benzene rings is 1. The summed E-state index contributed by atoms with van der Waals surface area (Å²) < 4.78 is 6.39. The van der Waals surface area contributed by atoms with Gasteiger partial charge in [-0.05, 0) is 47.2 Å². The van der Waals surface area contributed by atoms with Gasteiger partial charge in [0.1, 0.15) is 6.54 Å². The van der Waals surface area contributed by atoms with Crippen molar-refractivity contribution in [3.05, 3.63) is 28.2 Å². The van der Waals surface area contributed by atoms with Crippen LogP contribution in [0.1, 0.15) is 33.1 Å². The molecule has 28 heavy (non-hydrogen) atoms. The maximum absolute atomic E-state index is 12.6. The molecule has 1 aromatic carbocycles. The van der Waals surface area contributed by atoms with Crippen LogP contribution in [0.2, 0.25) is 10.0 Å². The van der Waals surface area contributed by atoms with Crippen molar-refractivity contribution in [1.29, 1.82) is 0 Å². The molecule has 1 atom stereocenters. The molecule has 2 aromatic rings. The highest BCUT2D eigenvalue weighted by molar-refractivity contribution is 7.99. The number of nitrogens with zero attached hydrogens (tertiary/aromatic N) is 4. The van der Waals surface area contributed by atoms with Gasteiger partial charge in [0.05, 0.1) is 27.6 Å². The lowest BCUT2D eigenvalue weighted by Crippen LogP contribution is -2.42. The number of unbranched alkanes of at least 4 members (excludes halogenated alkanes) is 1. The lowest BCUT2D eigenvalue weighted by atomic mass is 10.1. The van der Waals surface area contributed by atoms with E-state index in [0.717, 1.165) is 24.6 Å². The average molecular weight is 446 g/mol. The first-order chi connectivity index (χ1) is 13.5. The standard InChI is InChI=1S/C17H21Cl2N5O3S/c1-3-5-9-27-17(26)20-13(4-2)14(25)10-24-16(21-22-23-24)28-15-11(18)7-6-8-12(15)19/h6-8,13H,3-5,9-10H2,1-2H3,(H,20,26). The molecule has 0 fully saturated rings. The van der Waals surface area contributed by atoms with Gasteiger partial charge in [0.25, 0.3) is 0 Å². The van der Waals surface area contributed by atoms with Crippen LogP contribution in [0.15, 0.2) is 28.3 Å². The van der Waals surface area contributed by atoms with Gasteiger partial charge in [-0.2, -0.15) is 0 Å². The van der Waals surface area contributed by atoms with Crippen molar-refractivity contribution >= 4 is 46.8 Å². The van der Waals surface area contributed by atoms with E-state index in [-0.39, 0.29) is 12.3 Å². The minimum absolute atomic E-state index is 0.106. The Balaban J connectivity index is 2.02. The summed E-state index contributed by atoms with van der Waals surface area (Å²) in [5.74, 6) is -0.241. The Labute approximate surface area is 177 Å². The first kappa shape index (κ1) is 22.4. The van der Waals surface area contributed by atoms with Crippen LogP contribution in [0.5, 0.6) is 0 Å². The number of hydrogen-bond donors (Lipinski definition) is 1. The summed E-state index contributed by atoms with van der Waals surface area (Å²) in [6, 6.07) is 4.45. The van der Waals surface area contributed by atoms with Gasteiger partial charge in [-0.3, -0.25) is 4.79 Å². The van der Waals surface area contributed by atoms with Gasteiger partial charge in [0.2, 0.25) is 5.16 Å². The molecule has 0 aliphatic carbocycles. The number of carbonyl (C=O) groups is 2. The molecule has 1 aromatic heterocycles. The molecular formula is C17H21Cl2N5O3S. The van der Waals surface area contributed by atoms with Crippen LogP contribution in [-0.2, 0) is 16.1 Å². The number of ether oxygens (including phenoxy) is 1. The third-order valence-electron chi connectivity index (χ3n) is 3.74. The Morgan fingerprint density at radius 2 is 2.00 bits per heavy atom. The Kier molecular flexibility index (Phi) is 9.01. The van der Waals surface area contributed by atoms with E-state index in [2.05, 4.69) is 20.8 Å². The van der Waals surface area contributed by atoms with Crippen molar-refractivity contribution in [1.82, 2.24) is 25.5 Å². The quantitative estimate of drug-likeness (QED) is 0.551. The Morgan fingerprint density at radius 3 is 2.64 bits per heavy atom. The zero-order chi connectivity index (χ0) is 20.5. The van der Waals surface area contributed by atoms with E-state index in [1.165, 1.54) is 4.68 Å². The topological polar surface area (TPSA) is 99.0 Å². The Morgan fingerprint density at radius 1 is 1.29 bits per heavy atom. The molecule has 0 spiro atoms. The van der Waals surface area contributed by atoms with Crippen LogP contribution >= 0.6 is 35.0 Å². The fraction of sp³-hybridized carbons (Fsp3) is 0.471. The van der Waals surface area contributed by atoms with E-state index in [1.54, 1.807) is 25.1 Å². The number of carbonyl (C=O) groups excluding carboxylic acids is 2. The molecule has 1 heterocycles. The number of hydrogen-bond acceptors (Lipinski definition) is 7. The summed E-state index contributed by atoms with van der Waals surface area (Å²) in [5, 5.41) is 15.3. The normalized spacial score (nSPS) is 11.9. The summed E-state index contributed by atoms with van der Waals surface area (Å²) in [6.07, 6.45) is 1.50. The average Bonchev–Trinajstić information content (AvgIpc) is 3.09. The van der Waals surface area contributed by atoms with Gasteiger partial charge in [-0.15, -0.1) is 5.10 Å². The van der Waals surface area contributed by atoms with E-state index in [1.807, 2.05) is 6.92 Å². The van der Waals surface area contributed by atoms with Crippen molar-refractivity contribution < 1.29 is 14.3 Å². The van der Waals surface area contributed by atoms with Gasteiger partial charge in [0, 0.05) is 0 Å². The lowest BCUT2D eigenvalue weighted by Gasteiger charge is -2.16. The zero-order valence-electron chi connectivity index (χ0n) is 15.5. The second-order valence-corrected chi connectivity index (χ2v) is 7.62. The SMILES string of the molecule is CCCCOC(=O)NC(CC)C(=O)Cn1nnnc1Sc1c(Cl)cccc1Cl. The van der Waals surface area contributed by atoms with E-state index in [9.17, 15) is 9.59 Å². The number of rotatable bonds is 10. The maximum atomic E-state index is 12.6. The largest absolute Gasteiger partial charge is 0.450 e. The lowest BCUT2D eigenvalue weighted by molar-refractivity contribution is -0.122. The van der Waals surface area contributed by atoms with Gasteiger partial charge in [-0.25, -0.2) is 9.48 Å². The first-order valence-corrected chi connectivity index (χ1v) is 10.4. The van der Waals surface area contributed by atoms with Gasteiger partial charge < -0.3 is 10.1 Å². The van der Waals surface area contributed by atoms with Gasteiger partial charge in [0.15, 0.2) is 5.78 Å². The molecule has 2 rings (SSSR count). The molecule has 0 bridgehead atoms. The molecule has 0 aliphatic rings. The third kappa shape index (κ3) is 6.35. The smallest absolute Gasteiger partial charge is 0.407 e. The summed E-state index contributed by atoms with van der Waals surface area (Å²) in [6.45, 7) is 4.01. The second-order valence-electron chi connectivity index (χ2n) is 5.83. The minimum atomic E-state index is -0.694. The van der Waals surface area contributed by atoms with Crippen molar-refractivity contribution in [2.75, 3.05) is 6.61 Å². The fourth-order valence-corrected chi connectivity index (χ4v) is 3.63. The summed E-state index contributed by atoms with van der Waals surface area (Å²) in [7, 11) is 0. The van der Waals surface area contributed by atoms with Crippen molar-refractivity contribution in [2.45, 2.75) is 55.7 Å². The highest BCUT2D eigenvalue weighted by atomic mass is 35.5. The Bertz CT molecular complexity index is 798. The summed E-state index contributed by atoms with van der Waals surface area (Å²) in [4.78, 5) is 25.0. The molecule has 0 radical (unpaired) electrons. The van der Waals surface area contributed by atoms with Crippen molar-refractivity contribution in [2.24, 2.45) is 0 Å². The van der Waals surface area contributed by atoms with Gasteiger partial charge in [-0.1, -0.05) is 49.5 Å². The van der Waals surface area contributed by atoms with E-state index < -0.39 is 12.1 Å². The molecule has 11 heteroatoms. The van der Waals surface area contributed by atoms with Crippen molar-refractivity contribution in [3.8, 4) is 0 Å². The number of amides is 1. The number of ketones is 1. The highest BCUT2D eigenvalue weighted by Gasteiger charge is 2.22. The molecule has 1 N–H and O–H groups in total. The van der Waals surface area contributed by atoms with Crippen LogP contribution in [0.3, 0.4) is 0 Å². The van der Waals surface area contributed by atoms with Crippen LogP contribution in [0.4, 0.5) is 4.79 Å². The molecule has 0 saturated carbocycles. The van der Waals surface area contributed by atoms with Crippen LogP contribution < -0.4 is 5.32 Å². The van der Waals surface area contributed by atoms with Crippen molar-refractivity contribution in [3.63, 3.8) is 0 Å². The predicted octanol–water partition coefficient (Wildman–Crippen LogP) is 4.01. The molecule has 0 aliphatic heterocycles. The number of tetrazole rings is 1. The maximum Gasteiger partial charge on any atom is 0.407 e. The molecule has 8 nitrogen and oxygen atoms in total. The predicted molar refractivity (Wildman–Crippen MR) is 107 cm³/mol.